The van der Waals surface area contributed by atoms with Crippen LogP contribution in [0.2, 0.25) is 10.0 Å². The van der Waals surface area contributed by atoms with Crippen LogP contribution < -0.4 is 4.74 Å². The summed E-state index contributed by atoms with van der Waals surface area (Å²) < 4.78 is 6.71. The Morgan fingerprint density at radius 3 is 2.87 bits per heavy atom. The number of rotatable bonds is 3. The van der Waals surface area contributed by atoms with Crippen molar-refractivity contribution in [1.82, 2.24) is 9.88 Å². The van der Waals surface area contributed by atoms with E-state index in [0.717, 1.165) is 10.9 Å². The molecular weight excluding hydrogens is 403 g/mol. The second-order valence-electron chi connectivity index (χ2n) is 5.22. The smallest absolute Gasteiger partial charge is 0.255 e. The molecule has 120 valence electrons. The normalized spacial score (nSPS) is 17.3. The van der Waals surface area contributed by atoms with E-state index < -0.39 is 0 Å². The molecule has 2 aromatic rings. The van der Waals surface area contributed by atoms with E-state index in [2.05, 4.69) is 20.9 Å². The van der Waals surface area contributed by atoms with E-state index in [-0.39, 0.29) is 12.0 Å². The third kappa shape index (κ3) is 3.97. The number of likely N-dealkylation sites (tertiary alicyclic amines) is 1. The molecule has 1 amide bonds. The lowest BCUT2D eigenvalue weighted by Crippen LogP contribution is -2.31. The van der Waals surface area contributed by atoms with Crippen molar-refractivity contribution < 1.29 is 9.53 Å². The molecule has 1 aromatic heterocycles. The fourth-order valence-electron chi connectivity index (χ4n) is 2.44. The van der Waals surface area contributed by atoms with Crippen LogP contribution in [0.5, 0.6) is 5.88 Å². The maximum atomic E-state index is 12.6. The van der Waals surface area contributed by atoms with E-state index in [1.54, 1.807) is 35.4 Å². The van der Waals surface area contributed by atoms with Crippen LogP contribution in [0.1, 0.15) is 16.8 Å². The van der Waals surface area contributed by atoms with E-state index in [0.29, 0.717) is 34.6 Å². The number of ether oxygens (including phenoxy) is 1. The van der Waals surface area contributed by atoms with Crippen LogP contribution in [0.4, 0.5) is 0 Å². The molecule has 1 unspecified atom stereocenters. The van der Waals surface area contributed by atoms with Gasteiger partial charge in [0.15, 0.2) is 0 Å². The number of carbonyl (C=O) groups excluding carboxylic acids is 1. The number of hydrogen-bond acceptors (Lipinski definition) is 3. The molecule has 1 saturated heterocycles. The number of amides is 1. The Morgan fingerprint density at radius 2 is 2.13 bits per heavy atom. The van der Waals surface area contributed by atoms with Gasteiger partial charge < -0.3 is 9.64 Å². The fourth-order valence-corrected chi connectivity index (χ4v) is 3.05. The Kier molecular flexibility index (Phi) is 5.09. The van der Waals surface area contributed by atoms with Gasteiger partial charge in [-0.1, -0.05) is 23.2 Å². The Bertz CT molecular complexity index is 725. The number of halogens is 3. The second-order valence-corrected chi connectivity index (χ2v) is 6.98. The van der Waals surface area contributed by atoms with Gasteiger partial charge >= 0.3 is 0 Å². The molecule has 0 radical (unpaired) electrons. The molecule has 4 nitrogen and oxygen atoms in total. The summed E-state index contributed by atoms with van der Waals surface area (Å²) in [5, 5.41) is 0.891. The molecule has 2 heterocycles. The Morgan fingerprint density at radius 1 is 1.30 bits per heavy atom. The zero-order chi connectivity index (χ0) is 16.4. The largest absolute Gasteiger partial charge is 0.472 e. The summed E-state index contributed by atoms with van der Waals surface area (Å²) in [5.74, 6) is 0.417. The molecule has 0 spiro atoms. The monoisotopic (exact) mass is 414 g/mol. The number of carbonyl (C=O) groups is 1. The van der Waals surface area contributed by atoms with E-state index in [4.69, 9.17) is 27.9 Å². The van der Waals surface area contributed by atoms with Gasteiger partial charge in [0, 0.05) is 34.7 Å². The summed E-state index contributed by atoms with van der Waals surface area (Å²) in [6, 6.07) is 8.55. The van der Waals surface area contributed by atoms with E-state index in [1.807, 2.05) is 6.07 Å². The molecule has 23 heavy (non-hydrogen) atoms. The highest BCUT2D eigenvalue weighted by Gasteiger charge is 2.29. The van der Waals surface area contributed by atoms with Crippen molar-refractivity contribution in [1.29, 1.82) is 0 Å². The van der Waals surface area contributed by atoms with Crippen LogP contribution >= 0.6 is 39.1 Å². The molecule has 1 aromatic carbocycles. The maximum absolute atomic E-state index is 12.6. The van der Waals surface area contributed by atoms with Crippen molar-refractivity contribution >= 4 is 45.0 Å². The van der Waals surface area contributed by atoms with Crippen LogP contribution in [-0.2, 0) is 0 Å². The SMILES string of the molecule is O=C(c1cc(Cl)ccc1Cl)N1CCC(Oc2ccc(Br)cn2)C1. The minimum Gasteiger partial charge on any atom is -0.472 e. The topological polar surface area (TPSA) is 42.4 Å². The Balaban J connectivity index is 1.66. The maximum Gasteiger partial charge on any atom is 0.255 e. The molecule has 0 aliphatic carbocycles. The van der Waals surface area contributed by atoms with E-state index in [1.165, 1.54) is 0 Å². The number of aromatic nitrogens is 1. The third-order valence-corrected chi connectivity index (χ3v) is 4.61. The van der Waals surface area contributed by atoms with Gasteiger partial charge in [0.25, 0.3) is 5.91 Å². The molecule has 1 aliphatic rings. The lowest BCUT2D eigenvalue weighted by molar-refractivity contribution is 0.0771. The Hall–Kier alpha value is -1.30. The molecule has 0 saturated carbocycles. The molecule has 1 atom stereocenters. The van der Waals surface area contributed by atoms with Gasteiger partial charge in [0.1, 0.15) is 6.10 Å². The summed E-state index contributed by atoms with van der Waals surface area (Å²) in [4.78, 5) is 18.5. The van der Waals surface area contributed by atoms with Gasteiger partial charge in [0.05, 0.1) is 17.1 Å². The van der Waals surface area contributed by atoms with Crippen molar-refractivity contribution in [3.8, 4) is 5.88 Å². The summed E-state index contributed by atoms with van der Waals surface area (Å²) in [6.45, 7) is 1.11. The van der Waals surface area contributed by atoms with Gasteiger partial charge in [-0.2, -0.15) is 0 Å². The van der Waals surface area contributed by atoms with Crippen LogP contribution in [0.25, 0.3) is 0 Å². The van der Waals surface area contributed by atoms with Crippen LogP contribution in [0, 0.1) is 0 Å². The molecule has 0 N–H and O–H groups in total. The predicted molar refractivity (Wildman–Crippen MR) is 93.3 cm³/mol. The van der Waals surface area contributed by atoms with Crippen LogP contribution in [0.15, 0.2) is 41.0 Å². The minimum absolute atomic E-state index is 0.0782. The summed E-state index contributed by atoms with van der Waals surface area (Å²) in [5.41, 5.74) is 0.418. The van der Waals surface area contributed by atoms with Crippen molar-refractivity contribution in [2.75, 3.05) is 13.1 Å². The first-order valence-electron chi connectivity index (χ1n) is 7.05. The van der Waals surface area contributed by atoms with Gasteiger partial charge in [-0.25, -0.2) is 4.98 Å². The number of pyridine rings is 1. The van der Waals surface area contributed by atoms with Crippen molar-refractivity contribution in [2.45, 2.75) is 12.5 Å². The molecule has 1 aliphatic heterocycles. The number of nitrogens with zero attached hydrogens (tertiary/aromatic N) is 2. The molecule has 1 fully saturated rings. The van der Waals surface area contributed by atoms with E-state index >= 15 is 0 Å². The molecule has 7 heteroatoms. The molecular formula is C16H13BrCl2N2O2. The highest BCUT2D eigenvalue weighted by Crippen LogP contribution is 2.25. The third-order valence-electron chi connectivity index (χ3n) is 3.58. The van der Waals surface area contributed by atoms with Crippen molar-refractivity contribution in [3.05, 3.63) is 56.6 Å². The first-order chi connectivity index (χ1) is 11.0. The zero-order valence-corrected chi connectivity index (χ0v) is 15.1. The van der Waals surface area contributed by atoms with Crippen LogP contribution in [0.3, 0.4) is 0 Å². The summed E-state index contributed by atoms with van der Waals surface area (Å²) in [7, 11) is 0. The second kappa shape index (κ2) is 7.07. The van der Waals surface area contributed by atoms with Crippen molar-refractivity contribution in [3.63, 3.8) is 0 Å². The lowest BCUT2D eigenvalue weighted by atomic mass is 10.2. The quantitative estimate of drug-likeness (QED) is 0.743. The summed E-state index contributed by atoms with van der Waals surface area (Å²) >= 11 is 15.4. The Labute approximate surface area is 152 Å². The van der Waals surface area contributed by atoms with Gasteiger partial charge in [-0.15, -0.1) is 0 Å². The van der Waals surface area contributed by atoms with E-state index in [9.17, 15) is 4.79 Å². The lowest BCUT2D eigenvalue weighted by Gasteiger charge is -2.18. The van der Waals surface area contributed by atoms with Gasteiger partial charge in [-0.05, 0) is 40.2 Å². The first kappa shape index (κ1) is 16.6. The number of hydrogen-bond donors (Lipinski definition) is 0. The van der Waals surface area contributed by atoms with Crippen molar-refractivity contribution in [2.24, 2.45) is 0 Å². The molecule has 0 bridgehead atoms. The van der Waals surface area contributed by atoms with Crippen LogP contribution in [-0.4, -0.2) is 35.0 Å². The number of benzene rings is 1. The summed E-state index contributed by atoms with van der Waals surface area (Å²) in [6.07, 6.45) is 2.35. The highest BCUT2D eigenvalue weighted by molar-refractivity contribution is 9.10. The standard InChI is InChI=1S/C16H13BrCl2N2O2/c17-10-1-4-15(20-8-10)23-12-5-6-21(9-12)16(22)13-7-11(18)2-3-14(13)19/h1-4,7-8,12H,5-6,9H2. The zero-order valence-electron chi connectivity index (χ0n) is 12.0. The average molecular weight is 416 g/mol. The predicted octanol–water partition coefficient (Wildman–Crippen LogP) is 4.44. The first-order valence-corrected chi connectivity index (χ1v) is 8.60. The highest BCUT2D eigenvalue weighted by atomic mass is 79.9. The minimum atomic E-state index is -0.132. The fraction of sp³-hybridized carbons (Fsp3) is 0.250. The molecule has 3 rings (SSSR count). The van der Waals surface area contributed by atoms with Gasteiger partial charge in [0.2, 0.25) is 5.88 Å². The van der Waals surface area contributed by atoms with Gasteiger partial charge in [-0.3, -0.25) is 4.79 Å². The average Bonchev–Trinajstić information content (AvgIpc) is 3.00.